The number of imide groups is 1. The van der Waals surface area contributed by atoms with Gasteiger partial charge in [0.25, 0.3) is 0 Å². The number of hydrogen-bond acceptors (Lipinski definition) is 12. The number of nitrogens with one attached hydrogen (secondary N) is 2. The first-order chi connectivity index (χ1) is 36.9. The minimum absolute atomic E-state index is 0.0160. The quantitative estimate of drug-likeness (QED) is 0.0982. The molecule has 18 heteroatoms. The Morgan fingerprint density at radius 1 is 0.934 bits per heavy atom. The lowest BCUT2D eigenvalue weighted by atomic mass is 9.56. The van der Waals surface area contributed by atoms with Gasteiger partial charge in [-0.2, -0.15) is 9.97 Å². The monoisotopic (exact) mass is 1030 g/mol. The maximum atomic E-state index is 17.2. The van der Waals surface area contributed by atoms with Gasteiger partial charge in [-0.05, 0) is 124 Å². The van der Waals surface area contributed by atoms with Gasteiger partial charge in [0.15, 0.2) is 5.82 Å². The van der Waals surface area contributed by atoms with Crippen molar-refractivity contribution in [3.63, 3.8) is 0 Å². The third-order valence-electron chi connectivity index (χ3n) is 18.5. The standard InChI is InChI=1S/C58H62F2N10O6/c1-3-40-43(59)16-13-35-7-4-9-41(47(35)40)49-48(60)50-42(29-61-49)52(68-30-37-14-15-38(31-68)62-37)65-54(64-50)76-33-58-20-6-24-69(58)39(19-21-58)32-75-56(74)67-25-22-57(23-26-67)27-34(28-57)11-12-36-8-5-10-44-51(36)66(2)55(73)70(44)45-17-18-46(71)63-53(45)72/h1,4-5,7-10,13,16,29,34,37-39,45,62H,6,11-12,14-15,17-28,30-33H2,2H3,(H,63,71,72)/t37?,38?,39-,45?,58-/m0/s1. The number of imidazole rings is 1. The predicted molar refractivity (Wildman–Crippen MR) is 282 cm³/mol. The Morgan fingerprint density at radius 2 is 1.74 bits per heavy atom. The predicted octanol–water partition coefficient (Wildman–Crippen LogP) is 7.31. The molecule has 394 valence electrons. The van der Waals surface area contributed by atoms with E-state index in [9.17, 15) is 19.2 Å². The summed E-state index contributed by atoms with van der Waals surface area (Å²) >= 11 is 0. The number of carbonyl (C=O) groups excluding carboxylic acids is 3. The molecule has 3 amide bonds. The number of terminal acetylenes is 1. The van der Waals surface area contributed by atoms with E-state index in [1.807, 2.05) is 23.1 Å². The second kappa shape index (κ2) is 18.9. The highest BCUT2D eigenvalue weighted by molar-refractivity contribution is 6.02. The molecule has 1 aliphatic carbocycles. The van der Waals surface area contributed by atoms with Crippen LogP contribution in [0.15, 0.2) is 59.5 Å². The van der Waals surface area contributed by atoms with Crippen LogP contribution in [0.2, 0.25) is 0 Å². The minimum atomic E-state index is -0.711. The number of fused-ring (bicyclic) bond motifs is 6. The van der Waals surface area contributed by atoms with E-state index in [1.54, 1.807) is 40.6 Å². The fourth-order valence-corrected chi connectivity index (χ4v) is 14.7. The molecule has 2 N–H and O–H groups in total. The maximum Gasteiger partial charge on any atom is 0.409 e. The molecule has 3 unspecified atom stereocenters. The van der Waals surface area contributed by atoms with Gasteiger partial charge in [-0.3, -0.25) is 33.9 Å². The van der Waals surface area contributed by atoms with Crippen LogP contribution in [0.25, 0.3) is 44.0 Å². The van der Waals surface area contributed by atoms with Crippen molar-refractivity contribution in [1.29, 1.82) is 0 Å². The molecule has 13 rings (SSSR count). The Morgan fingerprint density at radius 3 is 2.53 bits per heavy atom. The topological polar surface area (TPSA) is 169 Å². The van der Waals surface area contributed by atoms with Gasteiger partial charge < -0.3 is 24.6 Å². The molecule has 6 aromatic rings. The second-order valence-corrected chi connectivity index (χ2v) is 22.9. The largest absolute Gasteiger partial charge is 0.461 e. The summed E-state index contributed by atoms with van der Waals surface area (Å²) < 4.78 is 48.2. The summed E-state index contributed by atoms with van der Waals surface area (Å²) in [4.78, 5) is 72.6. The SMILES string of the molecule is C#Cc1c(F)ccc2cccc(-c3ncc4c(N5CC6CCC(C5)N6)nc(OC[C@@]56CCCN5[C@H](COC(=O)N5CCC7(CC5)CC(CCc5cccc8c5n(C)c(=O)n8C5CCC(=O)NC5=O)C7)CC6)nc4c3F)c12. The molecule has 7 aliphatic rings. The summed E-state index contributed by atoms with van der Waals surface area (Å²) in [5, 5.41) is 7.62. The highest BCUT2D eigenvalue weighted by atomic mass is 19.1. The summed E-state index contributed by atoms with van der Waals surface area (Å²) in [6, 6.07) is 14.1. The Kier molecular flexibility index (Phi) is 12.1. The van der Waals surface area contributed by atoms with Gasteiger partial charge in [0, 0.05) is 74.9 Å². The summed E-state index contributed by atoms with van der Waals surface area (Å²) in [6.07, 6.45) is 19.3. The third kappa shape index (κ3) is 8.27. The summed E-state index contributed by atoms with van der Waals surface area (Å²) in [5.74, 6) is 1.63. The fraction of sp³-hybridized carbons (Fsp3) is 0.500. The van der Waals surface area contributed by atoms with E-state index < -0.39 is 23.6 Å². The van der Waals surface area contributed by atoms with Crippen LogP contribution in [-0.2, 0) is 27.8 Å². The number of carbonyl (C=O) groups is 3. The van der Waals surface area contributed by atoms with Gasteiger partial charge in [-0.25, -0.2) is 18.4 Å². The van der Waals surface area contributed by atoms with E-state index in [-0.39, 0.29) is 63.9 Å². The van der Waals surface area contributed by atoms with Crippen LogP contribution in [0.4, 0.5) is 19.4 Å². The van der Waals surface area contributed by atoms with Crippen molar-refractivity contribution in [3.05, 3.63) is 88.0 Å². The Hall–Kier alpha value is -6.97. The van der Waals surface area contributed by atoms with Gasteiger partial charge in [0.05, 0.1) is 27.5 Å². The summed E-state index contributed by atoms with van der Waals surface area (Å²) in [5.41, 5.74) is 2.81. The molecular weight excluding hydrogens is 971 g/mol. The van der Waals surface area contributed by atoms with Crippen LogP contribution in [-0.4, -0.2) is 121 Å². The lowest BCUT2D eigenvalue weighted by Gasteiger charge is -2.52. The van der Waals surface area contributed by atoms with E-state index in [1.165, 1.54) is 6.07 Å². The van der Waals surface area contributed by atoms with Crippen LogP contribution in [0, 0.1) is 35.3 Å². The van der Waals surface area contributed by atoms with Gasteiger partial charge in [0.2, 0.25) is 11.8 Å². The molecule has 2 bridgehead atoms. The number of piperidine rings is 2. The number of likely N-dealkylation sites (tertiary alicyclic amines) is 1. The van der Waals surface area contributed by atoms with Crippen LogP contribution < -0.4 is 26.0 Å². The average molecular weight is 1030 g/mol. The number of para-hydroxylation sites is 1. The van der Waals surface area contributed by atoms with Crippen molar-refractivity contribution >= 4 is 56.4 Å². The zero-order valence-corrected chi connectivity index (χ0v) is 42.8. The molecule has 1 saturated carbocycles. The number of anilines is 1. The van der Waals surface area contributed by atoms with Crippen molar-refractivity contribution in [2.24, 2.45) is 18.4 Å². The van der Waals surface area contributed by atoms with Gasteiger partial charge in [0.1, 0.15) is 42.1 Å². The molecule has 7 fully saturated rings. The number of ether oxygens (including phenoxy) is 2. The lowest BCUT2D eigenvalue weighted by Crippen LogP contribution is -2.51. The highest BCUT2D eigenvalue weighted by Crippen LogP contribution is 2.54. The first-order valence-electron chi connectivity index (χ1n) is 27.3. The number of halogens is 2. The molecule has 6 aliphatic heterocycles. The second-order valence-electron chi connectivity index (χ2n) is 22.9. The molecule has 0 radical (unpaired) electrons. The normalized spacial score (nSPS) is 25.3. The Bertz CT molecular complexity index is 3450. The molecule has 1 spiro atoms. The van der Waals surface area contributed by atoms with Crippen molar-refractivity contribution < 1.29 is 32.6 Å². The zero-order valence-electron chi connectivity index (χ0n) is 42.8. The Labute approximate surface area is 438 Å². The molecule has 3 aromatic carbocycles. The summed E-state index contributed by atoms with van der Waals surface area (Å²) in [7, 11) is 1.75. The first kappa shape index (κ1) is 48.7. The van der Waals surface area contributed by atoms with E-state index in [4.69, 9.17) is 25.9 Å². The van der Waals surface area contributed by atoms with E-state index >= 15 is 8.78 Å². The first-order valence-corrected chi connectivity index (χ1v) is 27.3. The van der Waals surface area contributed by atoms with Gasteiger partial charge in [-0.1, -0.05) is 42.3 Å². The number of aromatic nitrogens is 5. The number of nitrogens with zero attached hydrogens (tertiary/aromatic N) is 8. The van der Waals surface area contributed by atoms with E-state index in [0.717, 1.165) is 100 Å². The molecule has 3 aromatic heterocycles. The van der Waals surface area contributed by atoms with Crippen LogP contribution in [0.5, 0.6) is 6.01 Å². The van der Waals surface area contributed by atoms with Crippen molar-refractivity contribution in [1.82, 2.24) is 44.5 Å². The summed E-state index contributed by atoms with van der Waals surface area (Å²) in [6.45, 7) is 4.18. The highest BCUT2D eigenvalue weighted by Gasteiger charge is 2.51. The molecule has 9 heterocycles. The third-order valence-corrected chi connectivity index (χ3v) is 18.5. The molecule has 16 nitrogen and oxygen atoms in total. The number of benzene rings is 3. The van der Waals surface area contributed by atoms with Crippen molar-refractivity contribution in [2.75, 3.05) is 50.8 Å². The number of amides is 3. The van der Waals surface area contributed by atoms with Crippen molar-refractivity contribution in [2.45, 2.75) is 120 Å². The number of pyridine rings is 1. The molecule has 5 atom stereocenters. The Balaban J connectivity index is 0.644. The lowest BCUT2D eigenvalue weighted by molar-refractivity contribution is -0.135. The fourth-order valence-electron chi connectivity index (χ4n) is 14.7. The minimum Gasteiger partial charge on any atom is -0.461 e. The maximum absolute atomic E-state index is 17.2. The molecule has 6 saturated heterocycles. The van der Waals surface area contributed by atoms with Crippen LogP contribution >= 0.6 is 0 Å². The average Bonchev–Trinajstić information content (AvgIpc) is 4.24. The van der Waals surface area contributed by atoms with Gasteiger partial charge >= 0.3 is 17.8 Å². The van der Waals surface area contributed by atoms with Crippen LogP contribution in [0.3, 0.4) is 0 Å². The molecule has 76 heavy (non-hydrogen) atoms. The number of aryl methyl sites for hydroxylation is 2. The van der Waals surface area contributed by atoms with E-state index in [0.29, 0.717) is 91.4 Å². The van der Waals surface area contributed by atoms with Crippen molar-refractivity contribution in [3.8, 4) is 29.6 Å². The van der Waals surface area contributed by atoms with E-state index in [2.05, 4.69) is 37.4 Å². The number of rotatable bonds is 11. The van der Waals surface area contributed by atoms with Gasteiger partial charge in [-0.15, -0.1) is 6.42 Å². The number of piperazine rings is 1. The number of hydrogen-bond donors (Lipinski definition) is 2. The van der Waals surface area contributed by atoms with Crippen LogP contribution in [0.1, 0.15) is 101 Å². The zero-order chi connectivity index (χ0) is 52.0. The smallest absolute Gasteiger partial charge is 0.409 e. The molecular formula is C58H62F2N10O6.